The summed E-state index contributed by atoms with van der Waals surface area (Å²) in [5.74, 6) is -2.22. The second kappa shape index (κ2) is 12.0. The fourth-order valence-corrected chi connectivity index (χ4v) is 3.50. The Bertz CT molecular complexity index is 928. The van der Waals surface area contributed by atoms with E-state index in [-0.39, 0.29) is 11.8 Å². The summed E-state index contributed by atoms with van der Waals surface area (Å²) in [6.45, 7) is 4.49. The van der Waals surface area contributed by atoms with Gasteiger partial charge in [-0.3, -0.25) is 9.59 Å². The highest BCUT2D eigenvalue weighted by Crippen LogP contribution is 2.28. The molecular weight excluding hydrogens is 424 g/mol. The van der Waals surface area contributed by atoms with Crippen LogP contribution in [0.1, 0.15) is 37.8 Å². The molecule has 33 heavy (non-hydrogen) atoms. The third kappa shape index (κ3) is 8.23. The molecule has 0 aromatic heterocycles. The summed E-state index contributed by atoms with van der Waals surface area (Å²) in [6, 6.07) is 14.4. The molecule has 8 heteroatoms. The second-order valence-corrected chi connectivity index (χ2v) is 8.56. The molecule has 0 radical (unpaired) electrons. The molecule has 2 aromatic rings. The van der Waals surface area contributed by atoms with E-state index in [9.17, 15) is 24.6 Å². The normalized spacial score (nSPS) is 13.1. The summed E-state index contributed by atoms with van der Waals surface area (Å²) in [5.41, 5.74) is 1.60. The molecule has 2 atom stereocenters. The van der Waals surface area contributed by atoms with Crippen LogP contribution >= 0.6 is 0 Å². The lowest BCUT2D eigenvalue weighted by Gasteiger charge is -2.27. The number of hydrogen-bond acceptors (Lipinski definition) is 5. The average Bonchev–Trinajstić information content (AvgIpc) is 2.78. The zero-order valence-electron chi connectivity index (χ0n) is 19.2. The van der Waals surface area contributed by atoms with Crippen LogP contribution in [0.4, 0.5) is 0 Å². The third-order valence-electron chi connectivity index (χ3n) is 5.60. The Morgan fingerprint density at radius 1 is 0.970 bits per heavy atom. The predicted molar refractivity (Wildman–Crippen MR) is 124 cm³/mol. The Morgan fingerprint density at radius 3 is 2.15 bits per heavy atom. The predicted octanol–water partition coefficient (Wildman–Crippen LogP) is 2.61. The quantitative estimate of drug-likeness (QED) is 0.365. The number of hydrogen-bond donors (Lipinski definition) is 4. The van der Waals surface area contributed by atoms with Crippen molar-refractivity contribution in [3.8, 4) is 5.75 Å². The van der Waals surface area contributed by atoms with Crippen molar-refractivity contribution < 1.29 is 29.3 Å². The fraction of sp³-hybridized carbons (Fsp3) is 0.400. The van der Waals surface area contributed by atoms with Gasteiger partial charge in [-0.2, -0.15) is 0 Å². The molecule has 0 aliphatic rings. The lowest BCUT2D eigenvalue weighted by Crippen LogP contribution is -2.52. The zero-order chi connectivity index (χ0) is 24.4. The SMILES string of the molecule is COc1ccc(C(C)(C)CCN[C@@H](CC(=O)O)C(=O)N[C@@H](Cc2ccccc2)C(=O)O)cc1. The number of rotatable bonds is 13. The van der Waals surface area contributed by atoms with E-state index in [0.717, 1.165) is 16.9 Å². The molecule has 0 unspecified atom stereocenters. The van der Waals surface area contributed by atoms with Crippen LogP contribution in [0, 0.1) is 0 Å². The highest BCUT2D eigenvalue weighted by Gasteiger charge is 2.28. The first kappa shape index (κ1) is 25.9. The summed E-state index contributed by atoms with van der Waals surface area (Å²) in [5, 5.41) is 24.3. The molecular formula is C25H32N2O6. The van der Waals surface area contributed by atoms with Gasteiger partial charge >= 0.3 is 11.9 Å². The lowest BCUT2D eigenvalue weighted by atomic mass is 9.81. The third-order valence-corrected chi connectivity index (χ3v) is 5.60. The smallest absolute Gasteiger partial charge is 0.326 e. The molecule has 2 rings (SSSR count). The minimum absolute atomic E-state index is 0.103. The fourth-order valence-electron chi connectivity index (χ4n) is 3.50. The number of carboxylic acids is 2. The molecule has 8 nitrogen and oxygen atoms in total. The molecule has 0 heterocycles. The van der Waals surface area contributed by atoms with Crippen molar-refractivity contribution in [2.75, 3.05) is 13.7 Å². The van der Waals surface area contributed by atoms with Crippen molar-refractivity contribution in [3.63, 3.8) is 0 Å². The van der Waals surface area contributed by atoms with Gasteiger partial charge in [0.25, 0.3) is 0 Å². The van der Waals surface area contributed by atoms with Crippen LogP contribution in [0.3, 0.4) is 0 Å². The molecule has 0 saturated heterocycles. The largest absolute Gasteiger partial charge is 0.497 e. The maximum atomic E-state index is 12.8. The maximum absolute atomic E-state index is 12.8. The van der Waals surface area contributed by atoms with E-state index in [1.807, 2.05) is 30.3 Å². The average molecular weight is 457 g/mol. The topological polar surface area (TPSA) is 125 Å². The van der Waals surface area contributed by atoms with Crippen molar-refractivity contribution in [2.24, 2.45) is 0 Å². The van der Waals surface area contributed by atoms with Gasteiger partial charge in [0, 0.05) is 6.42 Å². The van der Waals surface area contributed by atoms with E-state index in [4.69, 9.17) is 4.74 Å². The van der Waals surface area contributed by atoms with Crippen molar-refractivity contribution in [3.05, 3.63) is 65.7 Å². The molecule has 0 spiro atoms. The van der Waals surface area contributed by atoms with E-state index in [1.165, 1.54) is 0 Å². The van der Waals surface area contributed by atoms with Crippen molar-refractivity contribution in [1.82, 2.24) is 10.6 Å². The summed E-state index contributed by atoms with van der Waals surface area (Å²) in [7, 11) is 1.60. The number of carbonyl (C=O) groups excluding carboxylic acids is 1. The Balaban J connectivity index is 2.01. The van der Waals surface area contributed by atoms with E-state index < -0.39 is 36.4 Å². The highest BCUT2D eigenvalue weighted by atomic mass is 16.5. The van der Waals surface area contributed by atoms with Gasteiger partial charge in [0.05, 0.1) is 19.6 Å². The second-order valence-electron chi connectivity index (χ2n) is 8.56. The van der Waals surface area contributed by atoms with Gasteiger partial charge in [0.15, 0.2) is 0 Å². The standard InChI is InChI=1S/C25H32N2O6/c1-25(2,18-9-11-19(33-3)12-10-18)13-14-26-20(16-22(28)29)23(30)27-21(24(31)32)15-17-7-5-4-6-8-17/h4-12,20-21,26H,13-16H2,1-3H3,(H,27,30)(H,28,29)(H,31,32)/t20-,21-/m0/s1. The lowest BCUT2D eigenvalue weighted by molar-refractivity contribution is -0.143. The van der Waals surface area contributed by atoms with Gasteiger partial charge in [0.1, 0.15) is 11.8 Å². The van der Waals surface area contributed by atoms with Gasteiger partial charge in [-0.05, 0) is 41.6 Å². The molecule has 0 aliphatic carbocycles. The summed E-state index contributed by atoms with van der Waals surface area (Å²) >= 11 is 0. The van der Waals surface area contributed by atoms with E-state index in [0.29, 0.717) is 13.0 Å². The van der Waals surface area contributed by atoms with E-state index >= 15 is 0 Å². The van der Waals surface area contributed by atoms with E-state index in [1.54, 1.807) is 31.4 Å². The number of aliphatic carboxylic acids is 2. The molecule has 178 valence electrons. The Hall–Kier alpha value is -3.39. The van der Waals surface area contributed by atoms with Crippen LogP contribution in [0.15, 0.2) is 54.6 Å². The summed E-state index contributed by atoms with van der Waals surface area (Å²) in [4.78, 5) is 35.8. The number of carbonyl (C=O) groups is 3. The Labute approximate surface area is 194 Å². The Morgan fingerprint density at radius 2 is 1.61 bits per heavy atom. The molecule has 0 bridgehead atoms. The van der Waals surface area contributed by atoms with Crippen LogP contribution in [0.2, 0.25) is 0 Å². The van der Waals surface area contributed by atoms with Gasteiger partial charge < -0.3 is 25.6 Å². The number of ether oxygens (including phenoxy) is 1. The molecule has 0 aliphatic heterocycles. The van der Waals surface area contributed by atoms with Crippen molar-refractivity contribution >= 4 is 17.8 Å². The molecule has 4 N–H and O–H groups in total. The number of benzene rings is 2. The molecule has 2 aromatic carbocycles. The van der Waals surface area contributed by atoms with Crippen LogP contribution in [-0.2, 0) is 26.2 Å². The first-order valence-corrected chi connectivity index (χ1v) is 10.8. The van der Waals surface area contributed by atoms with Crippen LogP contribution in [-0.4, -0.2) is 53.8 Å². The van der Waals surface area contributed by atoms with Gasteiger partial charge in [-0.25, -0.2) is 4.79 Å². The zero-order valence-corrected chi connectivity index (χ0v) is 19.2. The Kier molecular flexibility index (Phi) is 9.42. The number of methoxy groups -OCH3 is 1. The van der Waals surface area contributed by atoms with E-state index in [2.05, 4.69) is 24.5 Å². The minimum Gasteiger partial charge on any atom is -0.497 e. The number of nitrogens with one attached hydrogen (secondary N) is 2. The molecule has 1 amide bonds. The number of amides is 1. The van der Waals surface area contributed by atoms with Crippen LogP contribution in [0.5, 0.6) is 5.75 Å². The van der Waals surface area contributed by atoms with Crippen molar-refractivity contribution in [2.45, 2.75) is 50.6 Å². The first-order chi connectivity index (χ1) is 15.6. The monoisotopic (exact) mass is 456 g/mol. The van der Waals surface area contributed by atoms with Gasteiger partial charge in [-0.1, -0.05) is 56.3 Å². The first-order valence-electron chi connectivity index (χ1n) is 10.8. The summed E-state index contributed by atoms with van der Waals surface area (Å²) < 4.78 is 5.19. The minimum atomic E-state index is -1.18. The van der Waals surface area contributed by atoms with Gasteiger partial charge in [0.2, 0.25) is 5.91 Å². The summed E-state index contributed by atoms with van der Waals surface area (Å²) in [6.07, 6.45) is 0.285. The number of carboxylic acid groups (broad SMARTS) is 2. The van der Waals surface area contributed by atoms with Crippen LogP contribution < -0.4 is 15.4 Å². The maximum Gasteiger partial charge on any atom is 0.326 e. The molecule has 0 saturated carbocycles. The highest BCUT2D eigenvalue weighted by molar-refractivity contribution is 5.89. The molecule has 0 fully saturated rings. The van der Waals surface area contributed by atoms with Gasteiger partial charge in [-0.15, -0.1) is 0 Å². The van der Waals surface area contributed by atoms with Crippen LogP contribution in [0.25, 0.3) is 0 Å². The van der Waals surface area contributed by atoms with Crippen molar-refractivity contribution in [1.29, 1.82) is 0 Å².